The number of aliphatic hydroxyl groups is 1. The van der Waals surface area contributed by atoms with E-state index in [2.05, 4.69) is 10.3 Å². The summed E-state index contributed by atoms with van der Waals surface area (Å²) in [7, 11) is 1.61. The largest absolute Gasteiger partial charge is 0.480 e. The Bertz CT molecular complexity index is 389. The second kappa shape index (κ2) is 14.6. The van der Waals surface area contributed by atoms with Gasteiger partial charge in [0.2, 0.25) is 0 Å². The number of nitrogens with zero attached hydrogens (tertiary/aromatic N) is 1. The maximum absolute atomic E-state index is 10.5. The number of hydrogen-bond donors (Lipinski definition) is 8. The number of nitrogens with two attached hydrogens (primary N) is 4. The quantitative estimate of drug-likeness (QED) is 0.108. The van der Waals surface area contributed by atoms with Crippen molar-refractivity contribution in [2.45, 2.75) is 43.9 Å². The third kappa shape index (κ3) is 15.0. The Morgan fingerprint density at radius 1 is 1.12 bits per heavy atom. The van der Waals surface area contributed by atoms with Crippen LogP contribution in [0.3, 0.4) is 0 Å². The molecule has 0 bridgehead atoms. The van der Waals surface area contributed by atoms with E-state index in [4.69, 9.17) is 38.3 Å². The normalized spacial score (nSPS) is 13.8. The van der Waals surface area contributed by atoms with Gasteiger partial charge in [-0.05, 0) is 32.7 Å². The summed E-state index contributed by atoms with van der Waals surface area (Å²) in [6.45, 7) is 0.611. The van der Waals surface area contributed by atoms with Crippen LogP contribution in [-0.2, 0) is 9.59 Å². The van der Waals surface area contributed by atoms with E-state index < -0.39 is 30.1 Å². The second-order valence-electron chi connectivity index (χ2n) is 5.04. The average Bonchev–Trinajstić information content (AvgIpc) is 2.51. The van der Waals surface area contributed by atoms with Crippen molar-refractivity contribution >= 4 is 17.9 Å². The van der Waals surface area contributed by atoms with Crippen LogP contribution in [0.15, 0.2) is 4.99 Å². The molecule has 12 N–H and O–H groups in total. The number of nitrogens with one attached hydrogen (secondary N) is 1. The fourth-order valence-electron chi connectivity index (χ4n) is 1.51. The summed E-state index contributed by atoms with van der Waals surface area (Å²) in [6.07, 6.45) is 1.12. The summed E-state index contributed by atoms with van der Waals surface area (Å²) < 4.78 is 0. The zero-order valence-corrected chi connectivity index (χ0v) is 13.9. The number of aliphatic imine (C=N–C) groups is 1. The SMILES string of the molecule is CN[C@@H](CCCN=C(N)N)C(=O)O.NC[C@@H](O)CC[C@H](N)C(=O)O. The fraction of sp³-hybridized carbons (Fsp3) is 0.769. The van der Waals surface area contributed by atoms with Gasteiger partial charge in [-0.25, -0.2) is 0 Å². The van der Waals surface area contributed by atoms with Gasteiger partial charge in [-0.3, -0.25) is 14.6 Å². The highest BCUT2D eigenvalue weighted by molar-refractivity contribution is 5.75. The maximum atomic E-state index is 10.5. The van der Waals surface area contributed by atoms with E-state index in [1.807, 2.05) is 0 Å². The molecule has 0 radical (unpaired) electrons. The molecule has 0 aromatic carbocycles. The van der Waals surface area contributed by atoms with Crippen molar-refractivity contribution in [3.63, 3.8) is 0 Å². The van der Waals surface area contributed by atoms with Crippen LogP contribution in [0.1, 0.15) is 25.7 Å². The molecule has 0 heterocycles. The highest BCUT2D eigenvalue weighted by atomic mass is 16.4. The monoisotopic (exact) mass is 350 g/mol. The molecule has 11 heteroatoms. The first-order valence-electron chi connectivity index (χ1n) is 7.47. The van der Waals surface area contributed by atoms with Crippen LogP contribution in [0.25, 0.3) is 0 Å². The molecule has 0 unspecified atom stereocenters. The molecule has 0 fully saturated rings. The van der Waals surface area contributed by atoms with Gasteiger partial charge in [-0.2, -0.15) is 0 Å². The van der Waals surface area contributed by atoms with Crippen molar-refractivity contribution in [2.75, 3.05) is 20.1 Å². The number of carboxylic acids is 2. The molecule has 0 aliphatic heterocycles. The number of carboxylic acid groups (broad SMARTS) is 2. The minimum atomic E-state index is -1.05. The average molecular weight is 350 g/mol. The van der Waals surface area contributed by atoms with Crippen molar-refractivity contribution < 1.29 is 24.9 Å². The Morgan fingerprint density at radius 3 is 2.08 bits per heavy atom. The predicted molar refractivity (Wildman–Crippen MR) is 90.3 cm³/mol. The molecule has 0 aliphatic rings. The topological polar surface area (TPSA) is 223 Å². The molecule has 0 saturated heterocycles. The molecule has 0 aliphatic carbocycles. The van der Waals surface area contributed by atoms with Crippen molar-refractivity contribution in [2.24, 2.45) is 27.9 Å². The molecule has 142 valence electrons. The Balaban J connectivity index is 0. The van der Waals surface area contributed by atoms with Crippen LogP contribution in [0.4, 0.5) is 0 Å². The van der Waals surface area contributed by atoms with E-state index in [-0.39, 0.29) is 18.9 Å². The number of likely N-dealkylation sites (N-methyl/N-ethyl adjacent to an activating group) is 1. The third-order valence-corrected chi connectivity index (χ3v) is 2.99. The Hall–Kier alpha value is -1.95. The molecule has 0 rings (SSSR count). The summed E-state index contributed by atoms with van der Waals surface area (Å²) >= 11 is 0. The van der Waals surface area contributed by atoms with Gasteiger partial charge in [-0.15, -0.1) is 0 Å². The van der Waals surface area contributed by atoms with Gasteiger partial charge in [0, 0.05) is 13.1 Å². The third-order valence-electron chi connectivity index (χ3n) is 2.99. The van der Waals surface area contributed by atoms with Gasteiger partial charge in [0.15, 0.2) is 5.96 Å². The van der Waals surface area contributed by atoms with Crippen LogP contribution >= 0.6 is 0 Å². The molecule has 0 spiro atoms. The van der Waals surface area contributed by atoms with Gasteiger partial charge >= 0.3 is 11.9 Å². The van der Waals surface area contributed by atoms with E-state index in [9.17, 15) is 9.59 Å². The number of guanidine groups is 1. The van der Waals surface area contributed by atoms with Gasteiger partial charge in [0.25, 0.3) is 0 Å². The van der Waals surface area contributed by atoms with E-state index >= 15 is 0 Å². The van der Waals surface area contributed by atoms with E-state index in [0.717, 1.165) is 0 Å². The Kier molecular flexibility index (Phi) is 14.8. The standard InChI is InChI=1S/C7H16N4O2.C6H14N2O3/c1-10-5(6(12)13)3-2-4-11-7(8)9;7-3-4(9)1-2-5(8)6(10)11/h5,10H,2-4H2,1H3,(H,12,13)(H4,8,9,11);4-5,9H,1-3,7-8H2,(H,10,11)/t5-;4-,5-/m00/s1. The fourth-order valence-corrected chi connectivity index (χ4v) is 1.51. The Morgan fingerprint density at radius 2 is 1.71 bits per heavy atom. The molecule has 11 nitrogen and oxygen atoms in total. The minimum absolute atomic E-state index is 0.0383. The number of aliphatic hydroxyl groups excluding tert-OH is 1. The first kappa shape index (κ1) is 24.3. The number of hydrogen-bond acceptors (Lipinski definition) is 7. The lowest BCUT2D eigenvalue weighted by molar-refractivity contribution is -0.140. The van der Waals surface area contributed by atoms with Gasteiger partial charge in [0.05, 0.1) is 6.10 Å². The molecule has 0 saturated carbocycles. The highest BCUT2D eigenvalue weighted by Crippen LogP contribution is 1.98. The zero-order chi connectivity index (χ0) is 19.1. The van der Waals surface area contributed by atoms with Crippen LogP contribution in [0.5, 0.6) is 0 Å². The molecule has 0 amide bonds. The molecule has 3 atom stereocenters. The number of carbonyl (C=O) groups is 2. The van der Waals surface area contributed by atoms with Gasteiger partial charge in [-0.1, -0.05) is 0 Å². The van der Waals surface area contributed by atoms with Crippen molar-refractivity contribution in [3.05, 3.63) is 0 Å². The summed E-state index contributed by atoms with van der Waals surface area (Å²) in [5.74, 6) is -1.86. The lowest BCUT2D eigenvalue weighted by atomic mass is 10.1. The summed E-state index contributed by atoms with van der Waals surface area (Å²) in [5.41, 5.74) is 20.5. The minimum Gasteiger partial charge on any atom is -0.480 e. The van der Waals surface area contributed by atoms with E-state index in [1.165, 1.54) is 0 Å². The maximum Gasteiger partial charge on any atom is 0.320 e. The first-order chi connectivity index (χ1) is 11.1. The van der Waals surface area contributed by atoms with Crippen LogP contribution in [0, 0.1) is 0 Å². The summed E-state index contributed by atoms with van der Waals surface area (Å²) in [4.78, 5) is 24.4. The van der Waals surface area contributed by atoms with Gasteiger partial charge < -0.3 is 43.6 Å². The molecular weight excluding hydrogens is 320 g/mol. The Labute approximate surface area is 141 Å². The number of rotatable bonds is 11. The molecule has 0 aromatic heterocycles. The number of aliphatic carboxylic acids is 2. The van der Waals surface area contributed by atoms with E-state index in [0.29, 0.717) is 25.8 Å². The van der Waals surface area contributed by atoms with Crippen molar-refractivity contribution in [1.29, 1.82) is 0 Å². The smallest absolute Gasteiger partial charge is 0.320 e. The summed E-state index contributed by atoms with van der Waals surface area (Å²) in [6, 6.07) is -1.41. The molecule has 24 heavy (non-hydrogen) atoms. The highest BCUT2D eigenvalue weighted by Gasteiger charge is 2.13. The zero-order valence-electron chi connectivity index (χ0n) is 13.9. The first-order valence-corrected chi connectivity index (χ1v) is 7.47. The van der Waals surface area contributed by atoms with Gasteiger partial charge in [0.1, 0.15) is 12.1 Å². The van der Waals surface area contributed by atoms with Crippen LogP contribution in [0.2, 0.25) is 0 Å². The lowest BCUT2D eigenvalue weighted by Crippen LogP contribution is -2.33. The van der Waals surface area contributed by atoms with Crippen LogP contribution in [-0.4, -0.2) is 71.5 Å². The van der Waals surface area contributed by atoms with E-state index in [1.54, 1.807) is 7.05 Å². The lowest BCUT2D eigenvalue weighted by Gasteiger charge is -2.09. The predicted octanol–water partition coefficient (Wildman–Crippen LogP) is -2.79. The van der Waals surface area contributed by atoms with Crippen LogP contribution < -0.4 is 28.3 Å². The van der Waals surface area contributed by atoms with Crippen molar-refractivity contribution in [3.8, 4) is 0 Å². The summed E-state index contributed by atoms with van der Waals surface area (Å²) in [5, 5.41) is 28.6. The molecular formula is C13H30N6O5. The molecule has 0 aromatic rings. The second-order valence-corrected chi connectivity index (χ2v) is 5.04. The van der Waals surface area contributed by atoms with Crippen molar-refractivity contribution in [1.82, 2.24) is 5.32 Å².